The molecule has 5 nitrogen and oxygen atoms in total. The number of benzene rings is 2. The minimum Gasteiger partial charge on any atom is -0.455 e. The van der Waals surface area contributed by atoms with Gasteiger partial charge in [0.1, 0.15) is 5.01 Å². The number of aryl methyl sites for hydroxylation is 1. The van der Waals surface area contributed by atoms with E-state index in [0.717, 1.165) is 29.1 Å². The monoisotopic (exact) mass is 416 g/mol. The molecule has 0 aliphatic carbocycles. The predicted octanol–water partition coefficient (Wildman–Crippen LogP) is 4.38. The zero-order valence-electron chi connectivity index (χ0n) is 15.6. The third kappa shape index (κ3) is 5.68. The maximum atomic E-state index is 13.1. The van der Waals surface area contributed by atoms with Crippen LogP contribution in [0, 0.1) is 11.6 Å². The molecule has 0 aliphatic rings. The number of carbonyl (C=O) groups excluding carboxylic acids is 2. The Morgan fingerprint density at radius 3 is 2.55 bits per heavy atom. The first-order valence-corrected chi connectivity index (χ1v) is 9.77. The van der Waals surface area contributed by atoms with Crippen LogP contribution in [0.5, 0.6) is 0 Å². The molecule has 29 heavy (non-hydrogen) atoms. The van der Waals surface area contributed by atoms with Gasteiger partial charge in [-0.1, -0.05) is 31.2 Å². The molecule has 8 heteroatoms. The van der Waals surface area contributed by atoms with Gasteiger partial charge in [0.05, 0.1) is 12.1 Å². The quantitative estimate of drug-likeness (QED) is 0.581. The van der Waals surface area contributed by atoms with E-state index in [0.29, 0.717) is 5.69 Å². The van der Waals surface area contributed by atoms with Crippen LogP contribution in [0.2, 0.25) is 0 Å². The van der Waals surface area contributed by atoms with E-state index in [4.69, 9.17) is 4.74 Å². The van der Waals surface area contributed by atoms with Gasteiger partial charge in [0.2, 0.25) is 0 Å². The molecule has 0 saturated carbocycles. The molecular weight excluding hydrogens is 398 g/mol. The Morgan fingerprint density at radius 2 is 1.86 bits per heavy atom. The Hall–Kier alpha value is -3.13. The molecule has 0 unspecified atom stereocenters. The fourth-order valence-electron chi connectivity index (χ4n) is 2.52. The van der Waals surface area contributed by atoms with Crippen LogP contribution in [0.1, 0.15) is 18.2 Å². The lowest BCUT2D eigenvalue weighted by atomic mass is 10.1. The highest BCUT2D eigenvalue weighted by Crippen LogP contribution is 2.24. The molecule has 0 fully saturated rings. The van der Waals surface area contributed by atoms with Gasteiger partial charge < -0.3 is 10.1 Å². The molecule has 0 radical (unpaired) electrons. The summed E-state index contributed by atoms with van der Waals surface area (Å²) in [6.45, 7) is 1.55. The average Bonchev–Trinajstić information content (AvgIpc) is 3.17. The maximum absolute atomic E-state index is 13.1. The second-order valence-corrected chi connectivity index (χ2v) is 7.07. The van der Waals surface area contributed by atoms with E-state index in [9.17, 15) is 18.4 Å². The Balaban J connectivity index is 1.49. The summed E-state index contributed by atoms with van der Waals surface area (Å²) in [6, 6.07) is 11.0. The fraction of sp³-hybridized carbons (Fsp3) is 0.190. The van der Waals surface area contributed by atoms with Gasteiger partial charge >= 0.3 is 5.97 Å². The lowest BCUT2D eigenvalue weighted by Gasteiger charge is -2.06. The largest absolute Gasteiger partial charge is 0.455 e. The summed E-state index contributed by atoms with van der Waals surface area (Å²) in [7, 11) is 0. The number of esters is 1. The van der Waals surface area contributed by atoms with E-state index in [1.54, 1.807) is 5.38 Å². The second-order valence-electron chi connectivity index (χ2n) is 6.21. The minimum atomic E-state index is -1.08. The van der Waals surface area contributed by atoms with Gasteiger partial charge in [0, 0.05) is 22.7 Å². The number of aromatic nitrogens is 1. The molecule has 1 N–H and O–H groups in total. The van der Waals surface area contributed by atoms with Gasteiger partial charge in [-0.2, -0.15) is 0 Å². The Labute approximate surface area is 170 Å². The van der Waals surface area contributed by atoms with Gasteiger partial charge in [-0.3, -0.25) is 9.59 Å². The summed E-state index contributed by atoms with van der Waals surface area (Å²) in [6.07, 6.45) is 0.890. The predicted molar refractivity (Wildman–Crippen MR) is 107 cm³/mol. The molecule has 3 aromatic rings. The molecule has 1 heterocycles. The Kier molecular flexibility index (Phi) is 6.66. The van der Waals surface area contributed by atoms with E-state index >= 15 is 0 Å². The highest BCUT2D eigenvalue weighted by atomic mass is 32.1. The van der Waals surface area contributed by atoms with Crippen LogP contribution in [-0.4, -0.2) is 23.5 Å². The number of amides is 1. The van der Waals surface area contributed by atoms with Gasteiger partial charge in [0.15, 0.2) is 18.2 Å². The highest BCUT2D eigenvalue weighted by molar-refractivity contribution is 7.13. The van der Waals surface area contributed by atoms with Gasteiger partial charge in [0.25, 0.3) is 5.91 Å². The molecule has 1 amide bonds. The number of nitrogens with zero attached hydrogens (tertiary/aromatic N) is 1. The van der Waals surface area contributed by atoms with E-state index in [1.165, 1.54) is 23.0 Å². The number of thiazole rings is 1. The highest BCUT2D eigenvalue weighted by Gasteiger charge is 2.13. The minimum absolute atomic E-state index is 0.0675. The van der Waals surface area contributed by atoms with Crippen molar-refractivity contribution in [1.82, 2.24) is 4.98 Å². The summed E-state index contributed by atoms with van der Waals surface area (Å²) in [5.41, 5.74) is 2.83. The number of hydrogen-bond donors (Lipinski definition) is 1. The van der Waals surface area contributed by atoms with E-state index in [-0.39, 0.29) is 12.1 Å². The number of hydrogen-bond acceptors (Lipinski definition) is 5. The van der Waals surface area contributed by atoms with Crippen molar-refractivity contribution in [2.45, 2.75) is 19.8 Å². The van der Waals surface area contributed by atoms with Crippen molar-refractivity contribution in [1.29, 1.82) is 0 Å². The van der Waals surface area contributed by atoms with Gasteiger partial charge in [-0.05, 0) is 24.1 Å². The van der Waals surface area contributed by atoms with Crippen molar-refractivity contribution in [3.8, 4) is 10.6 Å². The third-order valence-electron chi connectivity index (χ3n) is 4.05. The van der Waals surface area contributed by atoms with Crippen molar-refractivity contribution >= 4 is 28.9 Å². The van der Waals surface area contributed by atoms with Crippen LogP contribution in [0.4, 0.5) is 14.5 Å². The van der Waals surface area contributed by atoms with Crippen molar-refractivity contribution in [3.63, 3.8) is 0 Å². The fourth-order valence-corrected chi connectivity index (χ4v) is 3.35. The average molecular weight is 416 g/mol. The summed E-state index contributed by atoms with van der Waals surface area (Å²) >= 11 is 1.42. The van der Waals surface area contributed by atoms with Crippen LogP contribution in [0.15, 0.2) is 47.8 Å². The van der Waals surface area contributed by atoms with Crippen molar-refractivity contribution < 1.29 is 23.1 Å². The van der Waals surface area contributed by atoms with Crippen LogP contribution < -0.4 is 5.32 Å². The lowest BCUT2D eigenvalue weighted by molar-refractivity contribution is -0.146. The van der Waals surface area contributed by atoms with Crippen molar-refractivity contribution in [3.05, 3.63) is 70.7 Å². The number of rotatable bonds is 7. The van der Waals surface area contributed by atoms with Crippen molar-refractivity contribution in [2.24, 2.45) is 0 Å². The number of carbonyl (C=O) groups is 2. The number of ether oxygens (including phenoxy) is 1. The molecule has 1 aromatic heterocycles. The number of nitrogens with one attached hydrogen (secondary N) is 1. The van der Waals surface area contributed by atoms with Crippen LogP contribution >= 0.6 is 11.3 Å². The molecule has 0 aliphatic heterocycles. The molecule has 0 spiro atoms. The molecule has 0 atom stereocenters. The van der Waals surface area contributed by atoms with E-state index in [2.05, 4.69) is 17.2 Å². The summed E-state index contributed by atoms with van der Waals surface area (Å²) < 4.78 is 30.9. The molecule has 150 valence electrons. The summed E-state index contributed by atoms with van der Waals surface area (Å²) in [5.74, 6) is -3.36. The smallest absolute Gasteiger partial charge is 0.312 e. The molecule has 2 aromatic carbocycles. The van der Waals surface area contributed by atoms with Crippen LogP contribution in [0.3, 0.4) is 0 Å². The lowest BCUT2D eigenvalue weighted by Crippen LogP contribution is -2.21. The molecule has 0 bridgehead atoms. The van der Waals surface area contributed by atoms with Crippen LogP contribution in [-0.2, 0) is 27.2 Å². The zero-order valence-corrected chi connectivity index (χ0v) is 16.4. The standard InChI is InChI=1S/C21H18F2N2O3S/c1-2-13-3-5-14(6-4-13)21-25-16(12-29-21)10-20(27)28-11-19(26)24-15-7-8-17(22)18(23)9-15/h3-9,12H,2,10-11H2,1H3,(H,24,26). The molecule has 0 saturated heterocycles. The number of halogens is 2. The topological polar surface area (TPSA) is 68.3 Å². The van der Waals surface area contributed by atoms with Crippen LogP contribution in [0.25, 0.3) is 10.6 Å². The van der Waals surface area contributed by atoms with Gasteiger partial charge in [-0.25, -0.2) is 13.8 Å². The van der Waals surface area contributed by atoms with E-state index in [1.807, 2.05) is 24.3 Å². The maximum Gasteiger partial charge on any atom is 0.312 e. The van der Waals surface area contributed by atoms with Gasteiger partial charge in [-0.15, -0.1) is 11.3 Å². The third-order valence-corrected chi connectivity index (χ3v) is 4.99. The Morgan fingerprint density at radius 1 is 1.10 bits per heavy atom. The normalized spacial score (nSPS) is 10.6. The van der Waals surface area contributed by atoms with Crippen molar-refractivity contribution in [2.75, 3.05) is 11.9 Å². The summed E-state index contributed by atoms with van der Waals surface area (Å²) in [5, 5.41) is 4.89. The molecular formula is C21H18F2N2O3S. The zero-order chi connectivity index (χ0) is 20.8. The number of anilines is 1. The first-order valence-electron chi connectivity index (χ1n) is 8.89. The first kappa shape index (κ1) is 20.6. The second kappa shape index (κ2) is 9.38. The first-order chi connectivity index (χ1) is 13.9. The Bertz CT molecular complexity index is 1020. The molecule has 3 rings (SSSR count). The SMILES string of the molecule is CCc1ccc(-c2nc(CC(=O)OCC(=O)Nc3ccc(F)c(F)c3)cs2)cc1. The van der Waals surface area contributed by atoms with E-state index < -0.39 is 30.1 Å². The summed E-state index contributed by atoms with van der Waals surface area (Å²) in [4.78, 5) is 28.2.